The molecular weight excluding hydrogens is 510 g/mol. The first-order valence-electron chi connectivity index (χ1n) is 13.0. The molecule has 1 saturated heterocycles. The summed E-state index contributed by atoms with van der Waals surface area (Å²) in [6, 6.07) is 23.9. The van der Waals surface area contributed by atoms with E-state index >= 15 is 0 Å². The second-order valence-corrected chi connectivity index (χ2v) is 10.9. The van der Waals surface area contributed by atoms with Gasteiger partial charge in [-0.2, -0.15) is 10.1 Å². The molecule has 4 aliphatic rings. The van der Waals surface area contributed by atoms with Crippen LogP contribution in [0.4, 0.5) is 0 Å². The van der Waals surface area contributed by atoms with Crippen LogP contribution in [0.2, 0.25) is 5.02 Å². The van der Waals surface area contributed by atoms with Gasteiger partial charge in [0.15, 0.2) is 0 Å². The summed E-state index contributed by atoms with van der Waals surface area (Å²) in [5.74, 6) is -0.974. The summed E-state index contributed by atoms with van der Waals surface area (Å²) >= 11 is 6.29. The van der Waals surface area contributed by atoms with E-state index in [2.05, 4.69) is 29.4 Å². The zero-order chi connectivity index (χ0) is 27.0. The zero-order valence-corrected chi connectivity index (χ0v) is 22.5. The highest BCUT2D eigenvalue weighted by atomic mass is 35.5. The van der Waals surface area contributed by atoms with Crippen LogP contribution in [0, 0.1) is 25.7 Å². The molecule has 2 heterocycles. The Bertz CT molecular complexity index is 1610. The quantitative estimate of drug-likeness (QED) is 0.238. The molecule has 194 valence electrons. The molecule has 3 aliphatic carbocycles. The fourth-order valence-electron chi connectivity index (χ4n) is 7.02. The highest BCUT2D eigenvalue weighted by Crippen LogP contribution is 2.61. The second kappa shape index (κ2) is 8.68. The monoisotopic (exact) mass is 535 g/mol. The normalized spacial score (nSPS) is 22.8. The molecule has 3 aromatic carbocycles. The third-order valence-corrected chi connectivity index (χ3v) is 8.82. The summed E-state index contributed by atoms with van der Waals surface area (Å²) in [7, 11) is 1.62. The van der Waals surface area contributed by atoms with E-state index in [1.54, 1.807) is 19.4 Å². The van der Waals surface area contributed by atoms with Crippen LogP contribution in [0.5, 0.6) is 5.75 Å². The Hall–Kier alpha value is -4.16. The van der Waals surface area contributed by atoms with Crippen LogP contribution in [-0.2, 0) is 9.59 Å². The Balaban J connectivity index is 1.27. The molecule has 0 saturated carbocycles. The molecule has 1 aliphatic heterocycles. The molecule has 8 rings (SSSR count). The van der Waals surface area contributed by atoms with E-state index in [0.717, 1.165) is 49.9 Å². The van der Waals surface area contributed by atoms with Crippen LogP contribution in [0.15, 0.2) is 77.9 Å². The number of aromatic nitrogens is 1. The van der Waals surface area contributed by atoms with Gasteiger partial charge in [0.1, 0.15) is 5.75 Å². The highest BCUT2D eigenvalue weighted by Gasteiger charge is 2.61. The van der Waals surface area contributed by atoms with Crippen LogP contribution in [0.1, 0.15) is 51.0 Å². The van der Waals surface area contributed by atoms with Crippen molar-refractivity contribution in [2.24, 2.45) is 16.9 Å². The van der Waals surface area contributed by atoms with E-state index in [0.29, 0.717) is 10.8 Å². The van der Waals surface area contributed by atoms with Crippen LogP contribution in [0.3, 0.4) is 0 Å². The van der Waals surface area contributed by atoms with E-state index in [1.807, 2.05) is 60.9 Å². The summed E-state index contributed by atoms with van der Waals surface area (Å²) in [5.41, 5.74) is 8.05. The fourth-order valence-corrected chi connectivity index (χ4v) is 7.19. The van der Waals surface area contributed by atoms with Gasteiger partial charge < -0.3 is 9.30 Å². The average Bonchev–Trinajstić information content (AvgIpc) is 3.38. The van der Waals surface area contributed by atoms with Crippen molar-refractivity contribution < 1.29 is 14.3 Å². The van der Waals surface area contributed by atoms with Gasteiger partial charge in [-0.15, -0.1) is 0 Å². The van der Waals surface area contributed by atoms with Gasteiger partial charge in [0.05, 0.1) is 30.8 Å². The molecule has 6 nitrogen and oxygen atoms in total. The largest absolute Gasteiger partial charge is 0.495 e. The Morgan fingerprint density at radius 3 is 1.87 bits per heavy atom. The summed E-state index contributed by atoms with van der Waals surface area (Å²) in [4.78, 5) is 27.7. The molecule has 7 heteroatoms. The predicted octanol–water partition coefficient (Wildman–Crippen LogP) is 5.98. The van der Waals surface area contributed by atoms with E-state index in [-0.39, 0.29) is 23.7 Å². The Morgan fingerprint density at radius 1 is 0.821 bits per heavy atom. The maximum absolute atomic E-state index is 13.8. The molecule has 4 aromatic rings. The number of ether oxygens (including phenoxy) is 1. The van der Waals surface area contributed by atoms with Gasteiger partial charge in [0.25, 0.3) is 11.8 Å². The van der Waals surface area contributed by atoms with E-state index in [4.69, 9.17) is 16.3 Å². The number of carbonyl (C=O) groups excluding carboxylic acids is 2. The van der Waals surface area contributed by atoms with E-state index in [9.17, 15) is 9.59 Å². The van der Waals surface area contributed by atoms with Crippen LogP contribution in [-0.4, -0.2) is 34.7 Å². The summed E-state index contributed by atoms with van der Waals surface area (Å²) in [5, 5.41) is 6.22. The Morgan fingerprint density at radius 2 is 1.36 bits per heavy atom. The van der Waals surface area contributed by atoms with Gasteiger partial charge in [-0.05, 0) is 60.4 Å². The lowest BCUT2D eigenvalue weighted by Gasteiger charge is -2.45. The Labute approximate surface area is 231 Å². The standard InChI is InChI=1S/C32H26ClN3O3/c1-17-14-19(18(2)35(17)25-15-20(33)12-13-26(25)39-3)16-34-36-31(37)29-27-21-8-4-5-9-22(21)28(30(29)32(36)38)24-11-7-6-10-23(24)27/h4-16,27-30H,1-3H3/b34-16-/t27?,28?,29-,30+. The van der Waals surface area contributed by atoms with Crippen LogP contribution in [0.25, 0.3) is 5.69 Å². The van der Waals surface area contributed by atoms with Crippen molar-refractivity contribution in [3.05, 3.63) is 117 Å². The molecular formula is C32H26ClN3O3. The Kier molecular flexibility index (Phi) is 5.32. The number of methoxy groups -OCH3 is 1. The number of nitrogens with zero attached hydrogens (tertiary/aromatic N) is 3. The lowest BCUT2D eigenvalue weighted by molar-refractivity contribution is -0.139. The molecule has 0 unspecified atom stereocenters. The number of hydrogen-bond donors (Lipinski definition) is 0. The SMILES string of the molecule is COc1ccc(Cl)cc1-n1c(C)cc(/C=N\N2C(=O)[C@@H]3C4c5ccccc5C(c5ccccc54)[C@@H]3C2=O)c1C. The second-order valence-electron chi connectivity index (χ2n) is 10.5. The van der Waals surface area contributed by atoms with Crippen molar-refractivity contribution in [3.63, 3.8) is 0 Å². The van der Waals surface area contributed by atoms with Crippen molar-refractivity contribution >= 4 is 29.6 Å². The first-order valence-corrected chi connectivity index (χ1v) is 13.4. The molecule has 0 N–H and O–H groups in total. The molecule has 39 heavy (non-hydrogen) atoms. The number of benzene rings is 3. The third-order valence-electron chi connectivity index (χ3n) is 8.59. The van der Waals surface area contributed by atoms with Gasteiger partial charge in [-0.1, -0.05) is 60.1 Å². The summed E-state index contributed by atoms with van der Waals surface area (Å²) in [6.07, 6.45) is 1.62. The molecule has 1 fully saturated rings. The average molecular weight is 536 g/mol. The maximum Gasteiger partial charge on any atom is 0.254 e. The lowest BCUT2D eigenvalue weighted by Crippen LogP contribution is -2.41. The van der Waals surface area contributed by atoms with Crippen LogP contribution < -0.4 is 4.74 Å². The first-order chi connectivity index (χ1) is 18.9. The van der Waals surface area contributed by atoms with Gasteiger partial charge in [0, 0.05) is 33.8 Å². The zero-order valence-electron chi connectivity index (χ0n) is 21.8. The molecule has 1 aromatic heterocycles. The van der Waals surface area contributed by atoms with Gasteiger partial charge in [0.2, 0.25) is 0 Å². The van der Waals surface area contributed by atoms with Gasteiger partial charge in [-0.3, -0.25) is 9.59 Å². The van der Waals surface area contributed by atoms with E-state index in [1.165, 1.54) is 0 Å². The minimum atomic E-state index is -0.451. The smallest absolute Gasteiger partial charge is 0.254 e. The van der Waals surface area contributed by atoms with Gasteiger partial charge >= 0.3 is 0 Å². The number of hydrazone groups is 1. The minimum absolute atomic E-state index is 0.149. The minimum Gasteiger partial charge on any atom is -0.495 e. The molecule has 0 spiro atoms. The highest BCUT2D eigenvalue weighted by molar-refractivity contribution is 6.30. The van der Waals surface area contributed by atoms with E-state index < -0.39 is 11.8 Å². The molecule has 0 radical (unpaired) electrons. The number of amides is 2. The third kappa shape index (κ3) is 3.31. The van der Waals surface area contributed by atoms with Crippen molar-refractivity contribution in [2.45, 2.75) is 25.7 Å². The summed E-state index contributed by atoms with van der Waals surface area (Å²) < 4.78 is 7.60. The van der Waals surface area contributed by atoms with Crippen molar-refractivity contribution in [3.8, 4) is 11.4 Å². The number of aryl methyl sites for hydroxylation is 1. The molecule has 2 amide bonds. The number of imide groups is 1. The summed E-state index contributed by atoms with van der Waals surface area (Å²) in [6.45, 7) is 3.95. The van der Waals surface area contributed by atoms with Crippen LogP contribution >= 0.6 is 11.6 Å². The number of halogens is 1. The van der Waals surface area contributed by atoms with Crippen molar-refractivity contribution in [1.82, 2.24) is 9.58 Å². The van der Waals surface area contributed by atoms with Gasteiger partial charge in [-0.25, -0.2) is 0 Å². The van der Waals surface area contributed by atoms with Crippen molar-refractivity contribution in [1.29, 1.82) is 0 Å². The number of rotatable bonds is 4. The number of hydrogen-bond acceptors (Lipinski definition) is 4. The lowest BCUT2D eigenvalue weighted by atomic mass is 9.55. The predicted molar refractivity (Wildman–Crippen MR) is 150 cm³/mol. The van der Waals surface area contributed by atoms with Crippen molar-refractivity contribution in [2.75, 3.05) is 7.11 Å². The fraction of sp³-hybridized carbons (Fsp3) is 0.219. The topological polar surface area (TPSA) is 63.9 Å². The molecule has 2 atom stereocenters. The first kappa shape index (κ1) is 23.9. The molecule has 2 bridgehead atoms. The maximum atomic E-state index is 13.8. The number of carbonyl (C=O) groups is 2.